The van der Waals surface area contributed by atoms with Gasteiger partial charge in [-0.3, -0.25) is 4.79 Å². The van der Waals surface area contributed by atoms with Gasteiger partial charge >= 0.3 is 0 Å². The van der Waals surface area contributed by atoms with Gasteiger partial charge in [0, 0.05) is 0 Å². The minimum absolute atomic E-state index is 0.220. The Morgan fingerprint density at radius 1 is 1.88 bits per heavy atom. The molecule has 0 bridgehead atoms. The van der Waals surface area contributed by atoms with Crippen molar-refractivity contribution in [2.45, 2.75) is 13.0 Å². The van der Waals surface area contributed by atoms with Gasteiger partial charge in [0.25, 0.3) is 5.91 Å². The molecule has 0 aromatic carbocycles. The van der Waals surface area contributed by atoms with Gasteiger partial charge in [0.1, 0.15) is 6.04 Å². The van der Waals surface area contributed by atoms with Crippen LogP contribution >= 0.6 is 0 Å². The summed E-state index contributed by atoms with van der Waals surface area (Å²) in [6.45, 7) is 1.71. The summed E-state index contributed by atoms with van der Waals surface area (Å²) in [6.07, 6.45) is 0. The van der Waals surface area contributed by atoms with Gasteiger partial charge in [-0.15, -0.1) is 0 Å². The first kappa shape index (κ1) is 5.24. The summed E-state index contributed by atoms with van der Waals surface area (Å²) in [4.78, 5) is 10.4. The second-order valence-electron chi connectivity index (χ2n) is 1.71. The second kappa shape index (κ2) is 1.56. The van der Waals surface area contributed by atoms with Crippen molar-refractivity contribution < 1.29 is 4.79 Å². The molecule has 0 aliphatic carbocycles. The Kier molecular flexibility index (Phi) is 1.02. The molecule has 0 aromatic rings. The zero-order chi connectivity index (χ0) is 6.15. The van der Waals surface area contributed by atoms with Crippen LogP contribution in [0.25, 0.3) is 0 Å². The minimum atomic E-state index is -0.519. The molecule has 0 saturated carbocycles. The topological polar surface area (TPSA) is 67.5 Å². The quantitative estimate of drug-likeness (QED) is 0.415. The molecule has 0 unspecified atom stereocenters. The zero-order valence-electron chi connectivity index (χ0n) is 4.51. The highest BCUT2D eigenvalue weighted by atomic mass is 16.2. The highest BCUT2D eigenvalue weighted by molar-refractivity contribution is 6.10. The van der Waals surface area contributed by atoms with Crippen molar-refractivity contribution in [1.29, 1.82) is 0 Å². The normalized spacial score (nSPS) is 27.5. The van der Waals surface area contributed by atoms with Crippen molar-refractivity contribution in [3.05, 3.63) is 0 Å². The van der Waals surface area contributed by atoms with E-state index in [2.05, 4.69) is 10.5 Å². The number of carbonyl (C=O) groups excluding carboxylic acids is 1. The molecule has 0 aromatic heterocycles. The number of rotatable bonds is 0. The molecule has 1 atom stereocenters. The van der Waals surface area contributed by atoms with Crippen LogP contribution in [0.15, 0.2) is 5.10 Å². The lowest BCUT2D eigenvalue weighted by Crippen LogP contribution is -2.36. The van der Waals surface area contributed by atoms with Crippen LogP contribution < -0.4 is 11.2 Å². The molecule has 3 N–H and O–H groups in total. The lowest BCUT2D eigenvalue weighted by molar-refractivity contribution is -0.120. The van der Waals surface area contributed by atoms with Crippen molar-refractivity contribution in [3.63, 3.8) is 0 Å². The van der Waals surface area contributed by atoms with Gasteiger partial charge in [-0.05, 0) is 6.92 Å². The van der Waals surface area contributed by atoms with Crippen molar-refractivity contribution in [2.75, 3.05) is 0 Å². The molecule has 8 heavy (non-hydrogen) atoms. The highest BCUT2D eigenvalue weighted by Gasteiger charge is 2.21. The van der Waals surface area contributed by atoms with Crippen LogP contribution in [-0.4, -0.2) is 17.7 Å². The molecule has 0 spiro atoms. The van der Waals surface area contributed by atoms with Gasteiger partial charge in [0.05, 0.1) is 5.71 Å². The van der Waals surface area contributed by atoms with Gasteiger partial charge in [-0.25, -0.2) is 5.43 Å². The van der Waals surface area contributed by atoms with Crippen LogP contribution in [0.2, 0.25) is 0 Å². The van der Waals surface area contributed by atoms with Crippen molar-refractivity contribution >= 4 is 11.6 Å². The predicted molar refractivity (Wildman–Crippen MR) is 29.2 cm³/mol. The first-order valence-electron chi connectivity index (χ1n) is 2.31. The maximum atomic E-state index is 10.4. The number of nitrogens with one attached hydrogen (secondary N) is 1. The fourth-order valence-corrected chi connectivity index (χ4v) is 0.472. The third-order valence-electron chi connectivity index (χ3n) is 1.08. The molecule has 1 aliphatic heterocycles. The predicted octanol–water partition coefficient (Wildman–Crippen LogP) is -1.18. The number of nitrogens with zero attached hydrogens (tertiary/aromatic N) is 1. The molecule has 4 nitrogen and oxygen atoms in total. The number of hydrogen-bond donors (Lipinski definition) is 2. The van der Waals surface area contributed by atoms with Crippen LogP contribution in [0.1, 0.15) is 6.92 Å². The smallest absolute Gasteiger partial charge is 0.262 e. The molecule has 1 amide bonds. The molecule has 0 saturated heterocycles. The van der Waals surface area contributed by atoms with E-state index in [0.717, 1.165) is 0 Å². The fourth-order valence-electron chi connectivity index (χ4n) is 0.472. The van der Waals surface area contributed by atoms with E-state index < -0.39 is 6.04 Å². The molecular weight excluding hydrogens is 106 g/mol. The summed E-state index contributed by atoms with van der Waals surface area (Å²) in [6, 6.07) is -0.519. The summed E-state index contributed by atoms with van der Waals surface area (Å²) >= 11 is 0. The average molecular weight is 113 g/mol. The Hall–Kier alpha value is -0.900. The van der Waals surface area contributed by atoms with Crippen LogP contribution in [0.4, 0.5) is 0 Å². The van der Waals surface area contributed by atoms with E-state index in [-0.39, 0.29) is 5.91 Å². The summed E-state index contributed by atoms with van der Waals surface area (Å²) in [5.41, 5.74) is 8.17. The molecule has 0 fully saturated rings. The first-order valence-corrected chi connectivity index (χ1v) is 2.31. The lowest BCUT2D eigenvalue weighted by atomic mass is 10.2. The first-order chi connectivity index (χ1) is 3.72. The van der Waals surface area contributed by atoms with E-state index in [1.807, 2.05) is 0 Å². The van der Waals surface area contributed by atoms with Gasteiger partial charge in [-0.1, -0.05) is 0 Å². The van der Waals surface area contributed by atoms with Gasteiger partial charge in [-0.2, -0.15) is 5.10 Å². The van der Waals surface area contributed by atoms with E-state index in [9.17, 15) is 4.79 Å². The number of hydrogen-bond acceptors (Lipinski definition) is 3. The van der Waals surface area contributed by atoms with Crippen LogP contribution in [0.5, 0.6) is 0 Å². The van der Waals surface area contributed by atoms with Crippen molar-refractivity contribution in [1.82, 2.24) is 5.43 Å². The molecule has 1 rings (SSSR count). The largest absolute Gasteiger partial charge is 0.315 e. The Balaban J connectivity index is 2.72. The Bertz CT molecular complexity index is 151. The van der Waals surface area contributed by atoms with Crippen LogP contribution in [-0.2, 0) is 4.79 Å². The van der Waals surface area contributed by atoms with Crippen LogP contribution in [0, 0.1) is 0 Å². The molecule has 1 heterocycles. The minimum Gasteiger partial charge on any atom is -0.315 e. The molecular formula is C4H7N3O. The van der Waals surface area contributed by atoms with Gasteiger partial charge in [0.15, 0.2) is 0 Å². The summed E-state index contributed by atoms with van der Waals surface area (Å²) in [5, 5.41) is 3.59. The van der Waals surface area contributed by atoms with E-state index >= 15 is 0 Å². The van der Waals surface area contributed by atoms with E-state index in [1.165, 1.54) is 0 Å². The lowest BCUT2D eigenvalue weighted by Gasteiger charge is -1.93. The summed E-state index contributed by atoms with van der Waals surface area (Å²) < 4.78 is 0. The third-order valence-corrected chi connectivity index (χ3v) is 1.08. The molecule has 0 radical (unpaired) electrons. The highest BCUT2D eigenvalue weighted by Crippen LogP contribution is 1.91. The number of amides is 1. The Morgan fingerprint density at radius 2 is 2.50 bits per heavy atom. The second-order valence-corrected chi connectivity index (χ2v) is 1.71. The van der Waals surface area contributed by atoms with Crippen molar-refractivity contribution in [3.8, 4) is 0 Å². The van der Waals surface area contributed by atoms with Gasteiger partial charge < -0.3 is 5.73 Å². The summed E-state index contributed by atoms with van der Waals surface area (Å²) in [5.74, 6) is -0.220. The fraction of sp³-hybridized carbons (Fsp3) is 0.500. The maximum absolute atomic E-state index is 10.4. The standard InChI is InChI=1S/C4H7N3O/c1-2-3(5)4(8)7-6-2/h3H,5H2,1H3,(H,7,8)/t3-/m0/s1. The summed E-state index contributed by atoms with van der Waals surface area (Å²) in [7, 11) is 0. The van der Waals surface area contributed by atoms with Gasteiger partial charge in [0.2, 0.25) is 0 Å². The number of nitrogens with two attached hydrogens (primary N) is 1. The van der Waals surface area contributed by atoms with E-state index in [0.29, 0.717) is 5.71 Å². The number of hydrazone groups is 1. The molecule has 1 aliphatic rings. The molecule has 44 valence electrons. The SMILES string of the molecule is CC1=NNC(=O)[C@H]1N. The van der Waals surface area contributed by atoms with E-state index in [1.54, 1.807) is 6.92 Å². The maximum Gasteiger partial charge on any atom is 0.262 e. The zero-order valence-corrected chi connectivity index (χ0v) is 4.51. The van der Waals surface area contributed by atoms with E-state index in [4.69, 9.17) is 5.73 Å². The van der Waals surface area contributed by atoms with Crippen LogP contribution in [0.3, 0.4) is 0 Å². The Labute approximate surface area is 46.7 Å². The third kappa shape index (κ3) is 0.586. The average Bonchev–Trinajstić information content (AvgIpc) is 1.98. The molecule has 4 heteroatoms. The van der Waals surface area contributed by atoms with Crippen molar-refractivity contribution in [2.24, 2.45) is 10.8 Å². The Morgan fingerprint density at radius 3 is 2.62 bits per heavy atom. The monoisotopic (exact) mass is 113 g/mol. The number of carbonyl (C=O) groups is 1.